The Kier molecular flexibility index (Phi) is 3.98. The molecule has 1 aromatic rings. The molecule has 2 saturated heterocycles. The first-order valence-electron chi connectivity index (χ1n) is 7.23. The molecular weight excluding hydrogens is 318 g/mol. The van der Waals surface area contributed by atoms with Crippen molar-refractivity contribution in [2.75, 3.05) is 31.9 Å². The fourth-order valence-electron chi connectivity index (χ4n) is 3.22. The maximum atomic E-state index is 12.6. The highest BCUT2D eigenvalue weighted by molar-refractivity contribution is 9.10. The average molecular weight is 338 g/mol. The van der Waals surface area contributed by atoms with Crippen molar-refractivity contribution in [1.29, 1.82) is 0 Å². The van der Waals surface area contributed by atoms with E-state index in [1.165, 1.54) is 25.9 Å². The lowest BCUT2D eigenvalue weighted by Gasteiger charge is -2.24. The minimum atomic E-state index is 0.0606. The molecule has 2 aliphatic rings. The summed E-state index contributed by atoms with van der Waals surface area (Å²) in [5.41, 5.74) is 7.11. The number of carbonyl (C=O) groups is 1. The van der Waals surface area contributed by atoms with Gasteiger partial charge in [-0.2, -0.15) is 0 Å². The van der Waals surface area contributed by atoms with Crippen LogP contribution in [0.3, 0.4) is 0 Å². The van der Waals surface area contributed by atoms with Crippen LogP contribution in [0.4, 0.5) is 5.69 Å². The highest BCUT2D eigenvalue weighted by Gasteiger charge is 2.32. The molecule has 0 spiro atoms. The second kappa shape index (κ2) is 5.74. The van der Waals surface area contributed by atoms with Crippen molar-refractivity contribution in [3.8, 4) is 0 Å². The summed E-state index contributed by atoms with van der Waals surface area (Å²) in [5.74, 6) is 0.0606. The Hall–Kier alpha value is -1.07. The maximum Gasteiger partial charge on any atom is 0.256 e. The largest absolute Gasteiger partial charge is 0.398 e. The molecule has 1 atom stereocenters. The predicted molar refractivity (Wildman–Crippen MR) is 83.7 cm³/mol. The number of carbonyl (C=O) groups excluding carboxylic acids is 1. The molecule has 2 aliphatic heterocycles. The van der Waals surface area contributed by atoms with Crippen molar-refractivity contribution < 1.29 is 4.79 Å². The zero-order valence-corrected chi connectivity index (χ0v) is 13.1. The SMILES string of the molecule is Nc1ccc(Br)cc1C(=O)N1CCC(N2CCCC2)C1. The molecule has 1 amide bonds. The molecule has 20 heavy (non-hydrogen) atoms. The van der Waals surface area contributed by atoms with Gasteiger partial charge in [0.05, 0.1) is 5.56 Å². The van der Waals surface area contributed by atoms with Crippen molar-refractivity contribution in [2.24, 2.45) is 0 Å². The lowest BCUT2D eigenvalue weighted by Crippen LogP contribution is -2.37. The monoisotopic (exact) mass is 337 g/mol. The summed E-state index contributed by atoms with van der Waals surface area (Å²) in [4.78, 5) is 17.1. The molecule has 4 nitrogen and oxygen atoms in total. The van der Waals surface area contributed by atoms with Crippen LogP contribution in [0.1, 0.15) is 29.6 Å². The molecule has 0 bridgehead atoms. The van der Waals surface area contributed by atoms with Crippen LogP contribution < -0.4 is 5.73 Å². The summed E-state index contributed by atoms with van der Waals surface area (Å²) in [6.45, 7) is 4.05. The summed E-state index contributed by atoms with van der Waals surface area (Å²) in [6.07, 6.45) is 3.67. The van der Waals surface area contributed by atoms with E-state index in [9.17, 15) is 4.79 Å². The first-order valence-corrected chi connectivity index (χ1v) is 8.03. The number of rotatable bonds is 2. The van der Waals surface area contributed by atoms with Crippen molar-refractivity contribution in [3.05, 3.63) is 28.2 Å². The molecule has 0 radical (unpaired) electrons. The van der Waals surface area contributed by atoms with Gasteiger partial charge in [0, 0.05) is 29.3 Å². The number of benzene rings is 1. The van der Waals surface area contributed by atoms with Crippen LogP contribution in [0.15, 0.2) is 22.7 Å². The number of likely N-dealkylation sites (tertiary alicyclic amines) is 2. The zero-order valence-electron chi connectivity index (χ0n) is 11.5. The molecule has 1 unspecified atom stereocenters. The fourth-order valence-corrected chi connectivity index (χ4v) is 3.58. The van der Waals surface area contributed by atoms with Crippen molar-refractivity contribution in [1.82, 2.24) is 9.80 Å². The lowest BCUT2D eigenvalue weighted by molar-refractivity contribution is 0.0781. The number of halogens is 1. The van der Waals surface area contributed by atoms with Crippen LogP contribution in [0.25, 0.3) is 0 Å². The zero-order chi connectivity index (χ0) is 14.1. The molecule has 2 fully saturated rings. The number of nitrogens with zero attached hydrogens (tertiary/aromatic N) is 2. The van der Waals surface area contributed by atoms with Gasteiger partial charge in [0.15, 0.2) is 0 Å². The summed E-state index contributed by atoms with van der Waals surface area (Å²) in [7, 11) is 0. The van der Waals surface area contributed by atoms with Crippen LogP contribution in [-0.2, 0) is 0 Å². The van der Waals surface area contributed by atoms with E-state index in [1.54, 1.807) is 6.07 Å². The number of hydrogen-bond acceptors (Lipinski definition) is 3. The van der Waals surface area contributed by atoms with E-state index in [4.69, 9.17) is 5.73 Å². The quantitative estimate of drug-likeness (QED) is 0.842. The minimum absolute atomic E-state index is 0.0606. The Balaban J connectivity index is 1.70. The third kappa shape index (κ3) is 2.69. The summed E-state index contributed by atoms with van der Waals surface area (Å²) >= 11 is 3.40. The summed E-state index contributed by atoms with van der Waals surface area (Å²) < 4.78 is 0.894. The van der Waals surface area contributed by atoms with Crippen LogP contribution in [0.5, 0.6) is 0 Å². The molecule has 2 N–H and O–H groups in total. The first-order chi connectivity index (χ1) is 9.65. The van der Waals surface area contributed by atoms with Gasteiger partial charge in [-0.05, 0) is 50.6 Å². The number of amides is 1. The lowest BCUT2D eigenvalue weighted by atomic mass is 10.1. The van der Waals surface area contributed by atoms with E-state index in [1.807, 2.05) is 17.0 Å². The van der Waals surface area contributed by atoms with Crippen LogP contribution in [-0.4, -0.2) is 47.9 Å². The molecule has 0 aromatic heterocycles. The van der Waals surface area contributed by atoms with E-state index in [2.05, 4.69) is 20.8 Å². The van der Waals surface area contributed by atoms with E-state index < -0.39 is 0 Å². The molecule has 3 rings (SSSR count). The third-order valence-electron chi connectivity index (χ3n) is 4.35. The van der Waals surface area contributed by atoms with Gasteiger partial charge in [0.1, 0.15) is 0 Å². The van der Waals surface area contributed by atoms with Gasteiger partial charge in [-0.15, -0.1) is 0 Å². The van der Waals surface area contributed by atoms with Gasteiger partial charge in [-0.3, -0.25) is 9.69 Å². The van der Waals surface area contributed by atoms with Gasteiger partial charge < -0.3 is 10.6 Å². The second-order valence-electron chi connectivity index (χ2n) is 5.67. The number of hydrogen-bond donors (Lipinski definition) is 1. The van der Waals surface area contributed by atoms with E-state index >= 15 is 0 Å². The normalized spacial score (nSPS) is 23.4. The topological polar surface area (TPSA) is 49.6 Å². The number of nitrogens with two attached hydrogens (primary N) is 1. The molecule has 1 aromatic carbocycles. The van der Waals surface area contributed by atoms with E-state index in [0.717, 1.165) is 24.0 Å². The highest BCUT2D eigenvalue weighted by atomic mass is 79.9. The van der Waals surface area contributed by atoms with Gasteiger partial charge in [0.2, 0.25) is 0 Å². The van der Waals surface area contributed by atoms with E-state index in [-0.39, 0.29) is 5.91 Å². The van der Waals surface area contributed by atoms with Gasteiger partial charge >= 0.3 is 0 Å². The standard InChI is InChI=1S/C15H20BrN3O/c16-11-3-4-14(17)13(9-11)15(20)19-8-5-12(10-19)18-6-1-2-7-18/h3-4,9,12H,1-2,5-8,10,17H2. The summed E-state index contributed by atoms with van der Waals surface area (Å²) in [5, 5.41) is 0. The Morgan fingerprint density at radius 3 is 2.75 bits per heavy atom. The Morgan fingerprint density at radius 2 is 2.00 bits per heavy atom. The minimum Gasteiger partial charge on any atom is -0.398 e. The molecule has 0 aliphatic carbocycles. The molecule has 2 heterocycles. The smallest absolute Gasteiger partial charge is 0.256 e. The molecule has 108 valence electrons. The van der Waals surface area contributed by atoms with Crippen molar-refractivity contribution in [2.45, 2.75) is 25.3 Å². The van der Waals surface area contributed by atoms with Crippen molar-refractivity contribution >= 4 is 27.5 Å². The summed E-state index contributed by atoms with van der Waals surface area (Å²) in [6, 6.07) is 6.00. The fraction of sp³-hybridized carbons (Fsp3) is 0.533. The third-order valence-corrected chi connectivity index (χ3v) is 4.85. The first kappa shape index (κ1) is 13.9. The van der Waals surface area contributed by atoms with Gasteiger partial charge in [-0.25, -0.2) is 0 Å². The van der Waals surface area contributed by atoms with Crippen LogP contribution in [0.2, 0.25) is 0 Å². The predicted octanol–water partition coefficient (Wildman–Crippen LogP) is 2.34. The van der Waals surface area contributed by atoms with Crippen LogP contribution >= 0.6 is 15.9 Å². The average Bonchev–Trinajstić information content (AvgIpc) is 3.10. The molecule has 0 saturated carbocycles. The number of nitrogen functional groups attached to an aromatic ring is 1. The molecule has 5 heteroatoms. The maximum absolute atomic E-state index is 12.6. The molecular formula is C15H20BrN3O. The van der Waals surface area contributed by atoms with Crippen LogP contribution in [0, 0.1) is 0 Å². The van der Waals surface area contributed by atoms with Gasteiger partial charge in [-0.1, -0.05) is 15.9 Å². The highest BCUT2D eigenvalue weighted by Crippen LogP contribution is 2.25. The van der Waals surface area contributed by atoms with Gasteiger partial charge in [0.25, 0.3) is 5.91 Å². The second-order valence-corrected chi connectivity index (χ2v) is 6.58. The Bertz CT molecular complexity index is 514. The van der Waals surface area contributed by atoms with E-state index in [0.29, 0.717) is 17.3 Å². The number of anilines is 1. The van der Waals surface area contributed by atoms with Crippen molar-refractivity contribution in [3.63, 3.8) is 0 Å². The Labute approximate surface area is 128 Å². The Morgan fingerprint density at radius 1 is 1.25 bits per heavy atom.